The number of nitrogens with two attached hydrogens (primary N) is 1. The highest BCUT2D eigenvalue weighted by Crippen LogP contribution is 2.36. The minimum Gasteiger partial charge on any atom is -0.370 e. The zero-order chi connectivity index (χ0) is 12.5. The van der Waals surface area contributed by atoms with Crippen LogP contribution in [-0.2, 0) is 0 Å². The topological polar surface area (TPSA) is 41.6 Å². The Labute approximate surface area is 113 Å². The van der Waals surface area contributed by atoms with E-state index in [4.69, 9.17) is 17.3 Å². The van der Waals surface area contributed by atoms with Gasteiger partial charge in [-0.3, -0.25) is 4.99 Å². The van der Waals surface area contributed by atoms with Crippen LogP contribution >= 0.6 is 11.6 Å². The van der Waals surface area contributed by atoms with E-state index in [9.17, 15) is 0 Å². The molecule has 0 bridgehead atoms. The summed E-state index contributed by atoms with van der Waals surface area (Å²) in [7, 11) is 0. The van der Waals surface area contributed by atoms with Gasteiger partial charge in [-0.15, -0.1) is 0 Å². The highest BCUT2D eigenvalue weighted by atomic mass is 35.5. The van der Waals surface area contributed by atoms with Crippen LogP contribution in [0.25, 0.3) is 0 Å². The van der Waals surface area contributed by atoms with E-state index in [2.05, 4.69) is 16.0 Å². The van der Waals surface area contributed by atoms with Crippen LogP contribution in [0.5, 0.6) is 0 Å². The molecule has 1 atom stereocenters. The molecule has 18 heavy (non-hydrogen) atoms. The fraction of sp³-hybridized carbons (Fsp3) is 0.500. The third-order valence-electron chi connectivity index (χ3n) is 4.01. The minimum absolute atomic E-state index is 0.224. The van der Waals surface area contributed by atoms with Gasteiger partial charge in [-0.1, -0.05) is 42.6 Å². The van der Waals surface area contributed by atoms with Crippen molar-refractivity contribution in [2.24, 2.45) is 10.7 Å². The summed E-state index contributed by atoms with van der Waals surface area (Å²) < 4.78 is 0. The molecule has 2 aliphatic rings. The first-order chi connectivity index (χ1) is 8.77. The van der Waals surface area contributed by atoms with Crippen LogP contribution < -0.4 is 5.73 Å². The largest absolute Gasteiger partial charge is 0.370 e. The highest BCUT2D eigenvalue weighted by Gasteiger charge is 2.35. The first-order valence-corrected chi connectivity index (χ1v) is 6.98. The van der Waals surface area contributed by atoms with Crippen molar-refractivity contribution in [2.75, 3.05) is 6.54 Å². The van der Waals surface area contributed by atoms with Crippen molar-refractivity contribution in [1.82, 2.24) is 4.90 Å². The molecular weight excluding hydrogens is 246 g/mol. The van der Waals surface area contributed by atoms with E-state index in [0.717, 1.165) is 17.1 Å². The van der Waals surface area contributed by atoms with Crippen LogP contribution in [0, 0.1) is 0 Å². The number of benzene rings is 1. The average Bonchev–Trinajstić information content (AvgIpc) is 2.98. The van der Waals surface area contributed by atoms with Gasteiger partial charge in [0.25, 0.3) is 0 Å². The summed E-state index contributed by atoms with van der Waals surface area (Å²) in [6, 6.07) is 8.79. The third-order valence-corrected chi connectivity index (χ3v) is 4.35. The van der Waals surface area contributed by atoms with Gasteiger partial charge < -0.3 is 10.6 Å². The second kappa shape index (κ2) is 4.81. The fourth-order valence-corrected chi connectivity index (χ4v) is 3.39. The van der Waals surface area contributed by atoms with Crippen molar-refractivity contribution in [3.63, 3.8) is 0 Å². The SMILES string of the molecule is NC1=NCC(c2ccccc2Cl)N1C1CCCC1. The molecular formula is C14H18ClN3. The summed E-state index contributed by atoms with van der Waals surface area (Å²) in [6.07, 6.45) is 5.03. The highest BCUT2D eigenvalue weighted by molar-refractivity contribution is 6.31. The Morgan fingerprint density at radius 3 is 2.67 bits per heavy atom. The lowest BCUT2D eigenvalue weighted by Crippen LogP contribution is -2.42. The van der Waals surface area contributed by atoms with E-state index < -0.39 is 0 Å². The van der Waals surface area contributed by atoms with E-state index in [-0.39, 0.29) is 6.04 Å². The van der Waals surface area contributed by atoms with E-state index in [1.54, 1.807) is 0 Å². The van der Waals surface area contributed by atoms with Crippen LogP contribution in [0.1, 0.15) is 37.3 Å². The quantitative estimate of drug-likeness (QED) is 0.891. The van der Waals surface area contributed by atoms with Crippen LogP contribution in [0.2, 0.25) is 5.02 Å². The second-order valence-corrected chi connectivity index (χ2v) is 5.49. The van der Waals surface area contributed by atoms with E-state index in [1.807, 2.05) is 18.2 Å². The fourth-order valence-electron chi connectivity index (χ4n) is 3.13. The first kappa shape index (κ1) is 11.8. The van der Waals surface area contributed by atoms with Gasteiger partial charge in [-0.25, -0.2) is 0 Å². The predicted molar refractivity (Wildman–Crippen MR) is 74.8 cm³/mol. The Hall–Kier alpha value is -1.22. The van der Waals surface area contributed by atoms with Crippen molar-refractivity contribution in [2.45, 2.75) is 37.8 Å². The molecule has 0 aromatic heterocycles. The van der Waals surface area contributed by atoms with Gasteiger partial charge in [0, 0.05) is 11.1 Å². The molecule has 0 spiro atoms. The maximum Gasteiger partial charge on any atom is 0.192 e. The summed E-state index contributed by atoms with van der Waals surface area (Å²) in [4.78, 5) is 6.71. The van der Waals surface area contributed by atoms with Crippen molar-refractivity contribution in [3.8, 4) is 0 Å². The van der Waals surface area contributed by atoms with Crippen molar-refractivity contribution >= 4 is 17.6 Å². The van der Waals surface area contributed by atoms with Gasteiger partial charge in [0.2, 0.25) is 0 Å². The smallest absolute Gasteiger partial charge is 0.192 e. The first-order valence-electron chi connectivity index (χ1n) is 6.60. The summed E-state index contributed by atoms with van der Waals surface area (Å²) in [5, 5.41) is 0.815. The van der Waals surface area contributed by atoms with Crippen LogP contribution in [-0.4, -0.2) is 23.4 Å². The minimum atomic E-state index is 0.224. The maximum absolute atomic E-state index is 6.31. The molecule has 0 amide bonds. The Kier molecular flexibility index (Phi) is 3.16. The van der Waals surface area contributed by atoms with Crippen LogP contribution in [0.15, 0.2) is 29.3 Å². The number of guanidine groups is 1. The Balaban J connectivity index is 1.90. The molecule has 0 radical (unpaired) electrons. The van der Waals surface area contributed by atoms with Crippen LogP contribution in [0.4, 0.5) is 0 Å². The second-order valence-electron chi connectivity index (χ2n) is 5.08. The molecule has 1 saturated carbocycles. The van der Waals surface area contributed by atoms with Gasteiger partial charge in [0.05, 0.1) is 12.6 Å². The third kappa shape index (κ3) is 1.97. The standard InChI is InChI=1S/C14H18ClN3/c15-12-8-4-3-7-11(12)13-9-17-14(16)18(13)10-5-1-2-6-10/h3-4,7-8,10,13H,1-2,5-6,9H2,(H2,16,17). The van der Waals surface area contributed by atoms with Crippen LogP contribution in [0.3, 0.4) is 0 Å². The van der Waals surface area contributed by atoms with Crippen molar-refractivity contribution in [3.05, 3.63) is 34.9 Å². The molecule has 96 valence electrons. The van der Waals surface area contributed by atoms with Crippen molar-refractivity contribution in [1.29, 1.82) is 0 Å². The number of nitrogens with zero attached hydrogens (tertiary/aromatic N) is 2. The monoisotopic (exact) mass is 263 g/mol. The zero-order valence-corrected chi connectivity index (χ0v) is 11.1. The molecule has 1 fully saturated rings. The van der Waals surface area contributed by atoms with Crippen molar-refractivity contribution < 1.29 is 0 Å². The number of hydrogen-bond acceptors (Lipinski definition) is 3. The van der Waals surface area contributed by atoms with Gasteiger partial charge in [-0.2, -0.15) is 0 Å². The average molecular weight is 264 g/mol. The molecule has 2 N–H and O–H groups in total. The molecule has 1 unspecified atom stereocenters. The summed E-state index contributed by atoms with van der Waals surface area (Å²) in [5.74, 6) is 0.687. The number of aliphatic imine (C=N–C) groups is 1. The Morgan fingerprint density at radius 1 is 1.22 bits per heavy atom. The molecule has 4 heteroatoms. The Bertz CT molecular complexity index is 466. The normalized spacial score (nSPS) is 24.6. The number of hydrogen-bond donors (Lipinski definition) is 1. The summed E-state index contributed by atoms with van der Waals surface area (Å²) >= 11 is 6.31. The molecule has 3 rings (SSSR count). The van der Waals surface area contributed by atoms with E-state index >= 15 is 0 Å². The van der Waals surface area contributed by atoms with E-state index in [1.165, 1.54) is 25.7 Å². The summed E-state index contributed by atoms with van der Waals surface area (Å²) in [6.45, 7) is 0.728. The Morgan fingerprint density at radius 2 is 1.94 bits per heavy atom. The molecule has 1 aromatic carbocycles. The zero-order valence-electron chi connectivity index (χ0n) is 10.3. The lowest BCUT2D eigenvalue weighted by atomic mass is 10.0. The predicted octanol–water partition coefficient (Wildman–Crippen LogP) is 2.95. The molecule has 1 aromatic rings. The lowest BCUT2D eigenvalue weighted by Gasteiger charge is -2.32. The van der Waals surface area contributed by atoms with Gasteiger partial charge in [0.1, 0.15) is 0 Å². The molecule has 3 nitrogen and oxygen atoms in total. The summed E-state index contributed by atoms with van der Waals surface area (Å²) in [5.41, 5.74) is 7.22. The van der Waals surface area contributed by atoms with Gasteiger partial charge >= 0.3 is 0 Å². The number of halogens is 1. The van der Waals surface area contributed by atoms with E-state index in [0.29, 0.717) is 12.0 Å². The van der Waals surface area contributed by atoms with Gasteiger partial charge in [-0.05, 0) is 24.5 Å². The number of rotatable bonds is 2. The molecule has 1 heterocycles. The lowest BCUT2D eigenvalue weighted by molar-refractivity contribution is 0.262. The molecule has 1 aliphatic heterocycles. The molecule has 1 aliphatic carbocycles. The van der Waals surface area contributed by atoms with Gasteiger partial charge in [0.15, 0.2) is 5.96 Å². The maximum atomic E-state index is 6.31. The molecule has 0 saturated heterocycles.